The van der Waals surface area contributed by atoms with E-state index in [4.69, 9.17) is 9.47 Å². The number of rotatable bonds is 39. The van der Waals surface area contributed by atoms with E-state index < -0.39 is 0 Å². The minimum atomic E-state index is 0.197. The number of ether oxygens (including phenoxy) is 2. The van der Waals surface area contributed by atoms with Gasteiger partial charge in [-0.2, -0.15) is 0 Å². The van der Waals surface area contributed by atoms with Crippen LogP contribution in [-0.4, -0.2) is 121 Å². The Labute approximate surface area is 311 Å². The molecule has 1 atom stereocenters. The molecule has 0 aromatic rings. The molecule has 0 aliphatic carbocycles. The molecule has 0 N–H and O–H groups in total. The smallest absolute Gasteiger partial charge is 0.130 e. The summed E-state index contributed by atoms with van der Waals surface area (Å²) < 4.78 is 16.2. The first-order valence-electron chi connectivity index (χ1n) is 22.0. The second-order valence-corrected chi connectivity index (χ2v) is 18.3. The fourth-order valence-electron chi connectivity index (χ4n) is 7.25. The summed E-state index contributed by atoms with van der Waals surface area (Å²) in [6, 6.07) is 0. The summed E-state index contributed by atoms with van der Waals surface area (Å²) in [5, 5.41) is 0. The molecule has 0 radical (unpaired) electrons. The maximum atomic E-state index is 6.69. The molecule has 5 heteroatoms. The van der Waals surface area contributed by atoms with Crippen LogP contribution >= 0.6 is 0 Å². The molecule has 0 heterocycles. The third-order valence-corrected chi connectivity index (χ3v) is 10.5. The van der Waals surface area contributed by atoms with Gasteiger partial charge in [0.2, 0.25) is 0 Å². The van der Waals surface area contributed by atoms with Gasteiger partial charge in [0.15, 0.2) is 0 Å². The minimum Gasteiger partial charge on any atom is -0.379 e. The lowest BCUT2D eigenvalue weighted by molar-refractivity contribution is -0.925. The van der Waals surface area contributed by atoms with Crippen molar-refractivity contribution in [2.75, 3.05) is 102 Å². The molecule has 0 aromatic heterocycles. The van der Waals surface area contributed by atoms with Gasteiger partial charge in [0.1, 0.15) is 12.6 Å². The average Bonchev–Trinajstić information content (AvgIpc) is 3.02. The zero-order chi connectivity index (χ0) is 36.5. The fourth-order valence-corrected chi connectivity index (χ4v) is 7.25. The van der Waals surface area contributed by atoms with E-state index in [2.05, 4.69) is 63.2 Å². The van der Waals surface area contributed by atoms with Gasteiger partial charge in [0.05, 0.1) is 82.1 Å². The minimum absolute atomic E-state index is 0.197. The van der Waals surface area contributed by atoms with Crippen LogP contribution in [0.5, 0.6) is 0 Å². The van der Waals surface area contributed by atoms with E-state index in [9.17, 15) is 0 Å². The number of unbranched alkanes of at least 4 members (excludes halogenated alkanes) is 22. The van der Waals surface area contributed by atoms with E-state index in [0.29, 0.717) is 0 Å². The third-order valence-electron chi connectivity index (χ3n) is 10.5. The summed E-state index contributed by atoms with van der Waals surface area (Å²) in [4.78, 5) is 0. The molecule has 0 saturated heterocycles. The number of hydrogen-bond acceptors (Lipinski definition) is 2. The van der Waals surface area contributed by atoms with Gasteiger partial charge in [-0.3, -0.25) is 0 Å². The molecule has 0 bridgehead atoms. The van der Waals surface area contributed by atoms with E-state index >= 15 is 0 Å². The molecular formula is C44H96N3O2+3. The molecule has 0 saturated carbocycles. The van der Waals surface area contributed by atoms with Crippen LogP contribution in [0.1, 0.15) is 181 Å². The van der Waals surface area contributed by atoms with E-state index in [1.807, 2.05) is 0 Å². The first kappa shape index (κ1) is 48.8. The average molecular weight is 699 g/mol. The molecule has 0 aliphatic heterocycles. The van der Waals surface area contributed by atoms with E-state index in [1.165, 1.54) is 193 Å². The third kappa shape index (κ3) is 37.4. The van der Waals surface area contributed by atoms with Crippen LogP contribution in [0.2, 0.25) is 0 Å². The van der Waals surface area contributed by atoms with Crippen LogP contribution in [0.25, 0.3) is 0 Å². The Kier molecular flexibility index (Phi) is 32.3. The van der Waals surface area contributed by atoms with E-state index in [-0.39, 0.29) is 6.10 Å². The summed E-state index contributed by atoms with van der Waals surface area (Å²) in [5.41, 5.74) is 0. The molecule has 0 fully saturated rings. The van der Waals surface area contributed by atoms with Crippen molar-refractivity contribution in [2.24, 2.45) is 0 Å². The standard InChI is InChI=1S/C44H96N3O2/c1-10-12-14-16-18-20-22-24-26-28-30-32-40-48-43-44(49-41-33-31-29-27-25-23-21-19-17-15-13-11-2)42-47(9,38-34-36-45(3,4)5)39-35-37-46(6,7)8/h44H,10-43H2,1-9H3/q+3. The van der Waals surface area contributed by atoms with Crippen molar-refractivity contribution in [3.8, 4) is 0 Å². The normalized spacial score (nSPS) is 13.4. The molecule has 49 heavy (non-hydrogen) atoms. The molecule has 0 amide bonds. The van der Waals surface area contributed by atoms with Crippen molar-refractivity contribution in [1.82, 2.24) is 0 Å². The lowest BCUT2D eigenvalue weighted by atomic mass is 10.1. The molecule has 0 aromatic carbocycles. The quantitative estimate of drug-likeness (QED) is 0.0470. The largest absolute Gasteiger partial charge is 0.379 e. The molecule has 5 nitrogen and oxygen atoms in total. The van der Waals surface area contributed by atoms with Crippen LogP contribution in [0.3, 0.4) is 0 Å². The lowest BCUT2D eigenvalue weighted by Gasteiger charge is -2.39. The number of likely N-dealkylation sites (N-methyl/N-ethyl adjacent to an activating group) is 1. The van der Waals surface area contributed by atoms with Gasteiger partial charge in [-0.25, -0.2) is 0 Å². The zero-order valence-electron chi connectivity index (χ0n) is 35.8. The number of hydrogen-bond donors (Lipinski definition) is 0. The Hall–Kier alpha value is -0.200. The van der Waals surface area contributed by atoms with Crippen LogP contribution in [0.15, 0.2) is 0 Å². The first-order valence-corrected chi connectivity index (χ1v) is 22.0. The van der Waals surface area contributed by atoms with Crippen LogP contribution in [0.4, 0.5) is 0 Å². The second-order valence-electron chi connectivity index (χ2n) is 18.3. The highest BCUT2D eigenvalue weighted by atomic mass is 16.5. The molecular weight excluding hydrogens is 603 g/mol. The summed E-state index contributed by atoms with van der Waals surface area (Å²) in [5.74, 6) is 0. The second kappa shape index (κ2) is 32.5. The molecule has 0 rings (SSSR count). The van der Waals surface area contributed by atoms with Crippen molar-refractivity contribution >= 4 is 0 Å². The summed E-state index contributed by atoms with van der Waals surface area (Å²) in [6.07, 6.45) is 36.0. The molecule has 1 unspecified atom stereocenters. The Morgan fingerprint density at radius 1 is 0.367 bits per heavy atom. The Morgan fingerprint density at radius 2 is 0.694 bits per heavy atom. The van der Waals surface area contributed by atoms with Crippen LogP contribution < -0.4 is 0 Å². The Bertz CT molecular complexity index is 652. The van der Waals surface area contributed by atoms with Crippen molar-refractivity contribution in [3.63, 3.8) is 0 Å². The van der Waals surface area contributed by atoms with Crippen molar-refractivity contribution < 1.29 is 22.9 Å². The van der Waals surface area contributed by atoms with Gasteiger partial charge < -0.3 is 22.9 Å². The predicted octanol–water partition coefficient (Wildman–Crippen LogP) is 11.4. The van der Waals surface area contributed by atoms with Gasteiger partial charge in [0.25, 0.3) is 0 Å². The van der Waals surface area contributed by atoms with Gasteiger partial charge in [-0.15, -0.1) is 0 Å². The number of quaternary nitrogens is 3. The van der Waals surface area contributed by atoms with Gasteiger partial charge in [-0.05, 0) is 12.8 Å². The molecule has 0 spiro atoms. The fraction of sp³-hybridized carbons (Fsp3) is 1.00. The SMILES string of the molecule is CCCCCCCCCCCCCCOCC(C[N+](C)(CCC[N+](C)(C)C)CCC[N+](C)(C)C)OCCCCCCCCCCCCCC. The first-order chi connectivity index (χ1) is 23.4. The maximum Gasteiger partial charge on any atom is 0.130 e. The Morgan fingerprint density at radius 3 is 1.04 bits per heavy atom. The highest BCUT2D eigenvalue weighted by molar-refractivity contribution is 4.60. The van der Waals surface area contributed by atoms with Gasteiger partial charge in [-0.1, -0.05) is 155 Å². The monoisotopic (exact) mass is 699 g/mol. The van der Waals surface area contributed by atoms with Gasteiger partial charge in [0, 0.05) is 26.1 Å². The predicted molar refractivity (Wildman–Crippen MR) is 219 cm³/mol. The van der Waals surface area contributed by atoms with Crippen molar-refractivity contribution in [3.05, 3.63) is 0 Å². The van der Waals surface area contributed by atoms with Crippen LogP contribution in [-0.2, 0) is 9.47 Å². The summed E-state index contributed by atoms with van der Waals surface area (Å²) in [7, 11) is 16.4. The Balaban J connectivity index is 4.68. The maximum absolute atomic E-state index is 6.69. The van der Waals surface area contributed by atoms with E-state index in [1.54, 1.807) is 0 Å². The van der Waals surface area contributed by atoms with E-state index in [0.717, 1.165) is 39.8 Å². The zero-order valence-corrected chi connectivity index (χ0v) is 35.8. The van der Waals surface area contributed by atoms with Crippen molar-refractivity contribution in [1.29, 1.82) is 0 Å². The topological polar surface area (TPSA) is 18.5 Å². The summed E-state index contributed by atoms with van der Waals surface area (Å²) >= 11 is 0. The highest BCUT2D eigenvalue weighted by Crippen LogP contribution is 2.16. The van der Waals surface area contributed by atoms with Gasteiger partial charge >= 0.3 is 0 Å². The highest BCUT2D eigenvalue weighted by Gasteiger charge is 2.29. The molecule has 296 valence electrons. The summed E-state index contributed by atoms with van der Waals surface area (Å²) in [6.45, 7) is 13.1. The molecule has 0 aliphatic rings. The van der Waals surface area contributed by atoms with Crippen molar-refractivity contribution in [2.45, 2.75) is 187 Å². The van der Waals surface area contributed by atoms with Crippen LogP contribution in [0, 0.1) is 0 Å². The number of nitrogens with zero attached hydrogens (tertiary/aromatic N) is 3. The lowest BCUT2D eigenvalue weighted by Crippen LogP contribution is -2.53.